The number of urea groups is 1. The van der Waals surface area contributed by atoms with Crippen molar-refractivity contribution in [2.24, 2.45) is 0 Å². The maximum absolute atomic E-state index is 13.5. The molecule has 254 valence electrons. The van der Waals surface area contributed by atoms with E-state index in [2.05, 4.69) is 39.2 Å². The van der Waals surface area contributed by atoms with E-state index >= 15 is 0 Å². The van der Waals surface area contributed by atoms with E-state index in [0.717, 1.165) is 56.8 Å². The van der Waals surface area contributed by atoms with E-state index in [-0.39, 0.29) is 17.9 Å². The molecule has 48 heavy (non-hydrogen) atoms. The first-order valence-electron chi connectivity index (χ1n) is 16.4. The minimum Gasteiger partial charge on any atom is -0.497 e. The van der Waals surface area contributed by atoms with Crippen LogP contribution in [0.2, 0.25) is 18.1 Å². The van der Waals surface area contributed by atoms with Gasteiger partial charge in [-0.05, 0) is 67.9 Å². The van der Waals surface area contributed by atoms with Crippen molar-refractivity contribution in [1.82, 2.24) is 19.7 Å². The first-order chi connectivity index (χ1) is 22.8. The smallest absolute Gasteiger partial charge is 0.326 e. The van der Waals surface area contributed by atoms with Crippen LogP contribution in [0.4, 0.5) is 22.1 Å². The number of carbonyl (C=O) groups excluding carboxylic acids is 1. The summed E-state index contributed by atoms with van der Waals surface area (Å²) >= 11 is 0. The van der Waals surface area contributed by atoms with Crippen molar-refractivity contribution in [3.63, 3.8) is 0 Å². The highest BCUT2D eigenvalue weighted by molar-refractivity contribution is 6.74. The number of benzene rings is 2. The summed E-state index contributed by atoms with van der Waals surface area (Å²) in [6.07, 6.45) is 2.53. The summed E-state index contributed by atoms with van der Waals surface area (Å²) in [5.41, 5.74) is 5.57. The van der Waals surface area contributed by atoms with Crippen LogP contribution in [0.15, 0.2) is 54.7 Å². The van der Waals surface area contributed by atoms with Gasteiger partial charge in [-0.2, -0.15) is 0 Å². The van der Waals surface area contributed by atoms with Gasteiger partial charge in [-0.1, -0.05) is 32.9 Å². The van der Waals surface area contributed by atoms with Gasteiger partial charge < -0.3 is 28.9 Å². The van der Waals surface area contributed by atoms with Crippen LogP contribution in [-0.4, -0.2) is 67.6 Å². The highest BCUT2D eigenvalue weighted by Gasteiger charge is 2.37. The van der Waals surface area contributed by atoms with E-state index in [1.807, 2.05) is 78.2 Å². The van der Waals surface area contributed by atoms with Gasteiger partial charge >= 0.3 is 6.03 Å². The van der Waals surface area contributed by atoms with Gasteiger partial charge in [-0.25, -0.2) is 14.5 Å². The fourth-order valence-electron chi connectivity index (χ4n) is 5.72. The molecule has 0 unspecified atom stereocenters. The van der Waals surface area contributed by atoms with Crippen LogP contribution in [0.1, 0.15) is 43.2 Å². The highest BCUT2D eigenvalue weighted by Crippen LogP contribution is 2.41. The molecule has 4 aromatic rings. The van der Waals surface area contributed by atoms with Crippen LogP contribution in [0.25, 0.3) is 5.69 Å². The largest absolute Gasteiger partial charge is 0.497 e. The first kappa shape index (κ1) is 33.4. The van der Waals surface area contributed by atoms with Gasteiger partial charge in [0.2, 0.25) is 6.79 Å². The number of ether oxygens (including phenoxy) is 3. The van der Waals surface area contributed by atoms with Crippen LogP contribution in [0.3, 0.4) is 0 Å². The molecule has 0 spiro atoms. The third-order valence-electron chi connectivity index (χ3n) is 9.62. The molecule has 1 saturated heterocycles. The number of rotatable bonds is 11. The Kier molecular flexibility index (Phi) is 9.14. The van der Waals surface area contributed by atoms with Gasteiger partial charge in [0, 0.05) is 67.4 Å². The molecule has 6 rings (SSSR count). The number of anilines is 3. The quantitative estimate of drug-likeness (QED) is 0.165. The molecule has 1 N–H and O–H groups in total. The van der Waals surface area contributed by atoms with E-state index < -0.39 is 8.32 Å². The lowest BCUT2D eigenvalue weighted by Gasteiger charge is -2.36. The molecular formula is C36H46N6O5Si. The van der Waals surface area contributed by atoms with Gasteiger partial charge in [0.25, 0.3) is 0 Å². The molecule has 2 aliphatic heterocycles. The van der Waals surface area contributed by atoms with Crippen LogP contribution in [0.5, 0.6) is 17.2 Å². The van der Waals surface area contributed by atoms with Gasteiger partial charge in [0.1, 0.15) is 11.6 Å². The summed E-state index contributed by atoms with van der Waals surface area (Å²) in [5.74, 6) is 3.60. The van der Waals surface area contributed by atoms with E-state index in [1.165, 1.54) is 0 Å². The molecule has 12 heteroatoms. The number of amides is 2. The van der Waals surface area contributed by atoms with Crippen molar-refractivity contribution in [2.45, 2.75) is 65.7 Å². The fraction of sp³-hybridized carbons (Fsp3) is 0.417. The van der Waals surface area contributed by atoms with Gasteiger partial charge in [-0.3, -0.25) is 4.90 Å². The van der Waals surface area contributed by atoms with Crippen LogP contribution >= 0.6 is 0 Å². The van der Waals surface area contributed by atoms with E-state index in [9.17, 15) is 4.79 Å². The molecule has 2 aromatic carbocycles. The molecule has 2 aromatic heterocycles. The molecule has 4 heterocycles. The molecule has 1 fully saturated rings. The van der Waals surface area contributed by atoms with Crippen molar-refractivity contribution in [2.75, 3.05) is 43.8 Å². The molecule has 2 aliphatic rings. The van der Waals surface area contributed by atoms with E-state index in [1.54, 1.807) is 12.0 Å². The topological polar surface area (TPSA) is 103 Å². The van der Waals surface area contributed by atoms with Crippen molar-refractivity contribution < 1.29 is 23.4 Å². The maximum atomic E-state index is 13.5. The molecule has 0 saturated carbocycles. The number of aromatic nitrogens is 3. The summed E-state index contributed by atoms with van der Waals surface area (Å²) in [4.78, 5) is 22.1. The lowest BCUT2D eigenvalue weighted by atomic mass is 10.1. The monoisotopic (exact) mass is 670 g/mol. The number of methoxy groups -OCH3 is 1. The number of aryl methyl sites for hydroxylation is 1. The molecule has 11 nitrogen and oxygen atoms in total. The predicted octanol–water partition coefficient (Wildman–Crippen LogP) is 7.37. The summed E-state index contributed by atoms with van der Waals surface area (Å²) in [5, 5.41) is 8.63. The number of pyridine rings is 1. The predicted molar refractivity (Wildman–Crippen MR) is 190 cm³/mol. The first-order valence-corrected chi connectivity index (χ1v) is 19.3. The summed E-state index contributed by atoms with van der Waals surface area (Å²) < 4.78 is 25.1. The zero-order chi connectivity index (χ0) is 34.2. The minimum atomic E-state index is -1.99. The Morgan fingerprint density at radius 1 is 1.02 bits per heavy atom. The second-order valence-corrected chi connectivity index (χ2v) is 18.7. The van der Waals surface area contributed by atoms with Gasteiger partial charge in [0.15, 0.2) is 25.6 Å². The average molecular weight is 671 g/mol. The second-order valence-electron chi connectivity index (χ2n) is 13.9. The number of nitrogens with one attached hydrogen (secondary N) is 1. The Bertz CT molecular complexity index is 1800. The second kappa shape index (κ2) is 13.2. The van der Waals surface area contributed by atoms with Crippen molar-refractivity contribution in [3.8, 4) is 22.9 Å². The van der Waals surface area contributed by atoms with Crippen LogP contribution in [-0.2, 0) is 17.4 Å². The molecular weight excluding hydrogens is 625 g/mol. The summed E-state index contributed by atoms with van der Waals surface area (Å²) in [7, 11) is -0.343. The van der Waals surface area contributed by atoms with Gasteiger partial charge in [0.05, 0.1) is 12.8 Å². The maximum Gasteiger partial charge on any atom is 0.326 e. The van der Waals surface area contributed by atoms with Gasteiger partial charge in [-0.15, -0.1) is 5.10 Å². The van der Waals surface area contributed by atoms with Crippen LogP contribution < -0.4 is 24.4 Å². The Hall–Kier alpha value is -4.55. The molecule has 0 radical (unpaired) electrons. The molecule has 2 amide bonds. The zero-order valence-electron chi connectivity index (χ0n) is 29.2. The Balaban J connectivity index is 1.29. The van der Waals surface area contributed by atoms with Crippen LogP contribution in [0, 0.1) is 13.8 Å². The normalized spacial score (nSPS) is 14.6. The van der Waals surface area contributed by atoms with Crippen molar-refractivity contribution in [3.05, 3.63) is 77.1 Å². The average Bonchev–Trinajstić information content (AvgIpc) is 3.80. The molecule has 0 bridgehead atoms. The van der Waals surface area contributed by atoms with E-state index in [4.69, 9.17) is 28.7 Å². The van der Waals surface area contributed by atoms with Crippen molar-refractivity contribution >= 4 is 31.7 Å². The standard InChI is InChI=1S/C36H46N6O5Si/c1-24-21-30(42-17-15-32(39-42)41-19-18-40(35(41)43)22-26-9-11-27(44-6)12-10-26)28(16-20-47-48(7,8)36(3,4)5)34(37-24)38-29-13-14-31-33(25(29)2)46-23-45-31/h9-15,17,21H,16,18-20,22-23H2,1-8H3,(H,37,38). The number of carbonyl (C=O) groups is 1. The minimum absolute atomic E-state index is 0.0643. The number of fused-ring (bicyclic) bond motifs is 1. The Morgan fingerprint density at radius 2 is 1.79 bits per heavy atom. The summed E-state index contributed by atoms with van der Waals surface area (Å²) in [6, 6.07) is 15.6. The lowest BCUT2D eigenvalue weighted by molar-refractivity contribution is 0.173. The third kappa shape index (κ3) is 6.72. The number of hydrogen-bond acceptors (Lipinski definition) is 8. The summed E-state index contributed by atoms with van der Waals surface area (Å²) in [6.45, 7) is 17.7. The van der Waals surface area contributed by atoms with E-state index in [0.29, 0.717) is 38.5 Å². The SMILES string of the molecule is COc1ccc(CN2CCN(c3ccn(-c4cc(C)nc(Nc5ccc6c(c5C)OCO6)c4CCO[Si](C)(C)C(C)(C)C)n3)C2=O)cc1. The fourth-order valence-corrected chi connectivity index (χ4v) is 6.77. The Morgan fingerprint density at radius 3 is 2.52 bits per heavy atom. The highest BCUT2D eigenvalue weighted by atomic mass is 28.4. The third-order valence-corrected chi connectivity index (χ3v) is 14.2. The zero-order valence-corrected chi connectivity index (χ0v) is 30.2. The number of nitrogens with zero attached hydrogens (tertiary/aromatic N) is 5. The van der Waals surface area contributed by atoms with Crippen molar-refractivity contribution in [1.29, 1.82) is 0 Å². The Labute approximate surface area is 283 Å². The molecule has 0 aliphatic carbocycles. The molecule has 0 atom stereocenters. The number of hydrogen-bond donors (Lipinski definition) is 1. The lowest BCUT2D eigenvalue weighted by Crippen LogP contribution is -2.41.